The number of fused-ring (bicyclic) bond motifs is 1. The summed E-state index contributed by atoms with van der Waals surface area (Å²) >= 11 is 1.69. The van der Waals surface area contributed by atoms with Crippen molar-refractivity contribution in [2.45, 2.75) is 29.7 Å². The molecule has 0 bridgehead atoms. The van der Waals surface area contributed by atoms with Crippen LogP contribution in [-0.4, -0.2) is 66.6 Å². The topological polar surface area (TPSA) is 71.1 Å². The molecule has 2 fully saturated rings. The lowest BCUT2D eigenvalue weighted by molar-refractivity contribution is -0.133. The first-order chi connectivity index (χ1) is 12.6. The lowest BCUT2D eigenvalue weighted by Gasteiger charge is -2.36. The Hall–Kier alpha value is -1.77. The zero-order chi connectivity index (χ0) is 18.1. The lowest BCUT2D eigenvalue weighted by atomic mass is 9.88. The van der Waals surface area contributed by atoms with Crippen LogP contribution in [0, 0.1) is 0 Å². The van der Waals surface area contributed by atoms with Gasteiger partial charge in [-0.2, -0.15) is 0 Å². The Balaban J connectivity index is 1.37. The molecule has 0 aliphatic carbocycles. The first-order valence-electron chi connectivity index (χ1n) is 8.93. The predicted molar refractivity (Wildman–Crippen MR) is 97.2 cm³/mol. The maximum Gasteiger partial charge on any atom is 0.325 e. The number of methoxy groups -OCH3 is 1. The van der Waals surface area contributed by atoms with E-state index in [0.717, 1.165) is 36.8 Å². The normalized spacial score (nSPS) is 21.8. The highest BCUT2D eigenvalue weighted by molar-refractivity contribution is 7.97. The van der Waals surface area contributed by atoms with Crippen molar-refractivity contribution in [2.24, 2.45) is 0 Å². The average Bonchev–Trinajstić information content (AvgIpc) is 3.19. The summed E-state index contributed by atoms with van der Waals surface area (Å²) in [6, 6.07) is 6.04. The van der Waals surface area contributed by atoms with Gasteiger partial charge in [0, 0.05) is 31.5 Å². The monoisotopic (exact) mass is 377 g/mol. The number of benzene rings is 1. The van der Waals surface area contributed by atoms with Crippen molar-refractivity contribution in [2.75, 3.05) is 40.0 Å². The van der Waals surface area contributed by atoms with Gasteiger partial charge in [-0.1, -0.05) is 6.07 Å². The van der Waals surface area contributed by atoms with Crippen molar-refractivity contribution in [1.82, 2.24) is 14.5 Å². The fraction of sp³-hybridized carbons (Fsp3) is 0.556. The van der Waals surface area contributed by atoms with Gasteiger partial charge in [-0.15, -0.1) is 0 Å². The number of hydrogen-bond acceptors (Lipinski definition) is 6. The van der Waals surface area contributed by atoms with Gasteiger partial charge in [-0.25, -0.2) is 9.10 Å². The van der Waals surface area contributed by atoms with Gasteiger partial charge in [0.15, 0.2) is 0 Å². The Morgan fingerprint density at radius 1 is 1.31 bits per heavy atom. The van der Waals surface area contributed by atoms with Crippen LogP contribution >= 0.6 is 11.9 Å². The molecule has 1 spiro atoms. The van der Waals surface area contributed by atoms with Crippen LogP contribution in [0.1, 0.15) is 18.4 Å². The summed E-state index contributed by atoms with van der Waals surface area (Å²) < 4.78 is 12.9. The molecule has 3 aliphatic heterocycles. The maximum atomic E-state index is 12.7. The van der Waals surface area contributed by atoms with E-state index in [9.17, 15) is 9.59 Å². The van der Waals surface area contributed by atoms with E-state index in [1.54, 1.807) is 19.1 Å². The second-order valence-electron chi connectivity index (χ2n) is 6.85. The van der Waals surface area contributed by atoms with E-state index in [2.05, 4.69) is 27.8 Å². The van der Waals surface area contributed by atoms with Crippen LogP contribution in [0.2, 0.25) is 0 Å². The van der Waals surface area contributed by atoms with E-state index < -0.39 is 5.54 Å². The van der Waals surface area contributed by atoms with Crippen LogP contribution in [0.15, 0.2) is 23.1 Å². The Morgan fingerprint density at radius 2 is 2.12 bits per heavy atom. The number of ether oxygens (including phenoxy) is 2. The van der Waals surface area contributed by atoms with Gasteiger partial charge in [0.2, 0.25) is 0 Å². The van der Waals surface area contributed by atoms with Crippen LogP contribution < -0.4 is 10.1 Å². The third-order valence-corrected chi connectivity index (χ3v) is 6.33. The van der Waals surface area contributed by atoms with Gasteiger partial charge in [-0.05, 0) is 42.5 Å². The third-order valence-electron chi connectivity index (χ3n) is 5.24. The summed E-state index contributed by atoms with van der Waals surface area (Å²) in [6.07, 6.45) is 2.22. The quantitative estimate of drug-likeness (QED) is 0.622. The highest BCUT2D eigenvalue weighted by Gasteiger charge is 2.52. The van der Waals surface area contributed by atoms with Crippen LogP contribution in [-0.2, 0) is 16.0 Å². The number of urea groups is 1. The SMILES string of the molecule is COCCN1C(=O)NC2(CCN(Sc3ccc4c(c3)OCC4)CC2)C1=O. The largest absolute Gasteiger partial charge is 0.493 e. The molecular weight excluding hydrogens is 354 g/mol. The second-order valence-corrected chi connectivity index (χ2v) is 8.02. The molecule has 3 amide bonds. The van der Waals surface area contributed by atoms with Crippen molar-refractivity contribution in [3.05, 3.63) is 23.8 Å². The molecule has 7 nitrogen and oxygen atoms in total. The molecule has 3 heterocycles. The Kier molecular flexibility index (Phi) is 4.81. The number of piperidine rings is 1. The number of imide groups is 1. The number of amides is 3. The third kappa shape index (κ3) is 3.17. The van der Waals surface area contributed by atoms with Crippen molar-refractivity contribution in [1.29, 1.82) is 0 Å². The van der Waals surface area contributed by atoms with E-state index >= 15 is 0 Å². The molecular formula is C18H23N3O4S. The Labute approximate surface area is 157 Å². The minimum atomic E-state index is -0.747. The number of carbonyl (C=O) groups is 2. The zero-order valence-electron chi connectivity index (χ0n) is 14.8. The molecule has 0 radical (unpaired) electrons. The molecule has 1 aromatic rings. The van der Waals surface area contributed by atoms with Crippen LogP contribution in [0.4, 0.5) is 4.79 Å². The molecule has 3 aliphatic rings. The summed E-state index contributed by atoms with van der Waals surface area (Å²) in [6.45, 7) is 2.91. The van der Waals surface area contributed by atoms with E-state index in [4.69, 9.17) is 9.47 Å². The summed E-state index contributed by atoms with van der Waals surface area (Å²) in [7, 11) is 1.56. The van der Waals surface area contributed by atoms with Gasteiger partial charge in [0.1, 0.15) is 11.3 Å². The van der Waals surface area contributed by atoms with E-state index in [-0.39, 0.29) is 11.9 Å². The highest BCUT2D eigenvalue weighted by Crippen LogP contribution is 2.36. The zero-order valence-corrected chi connectivity index (χ0v) is 15.6. The number of carbonyl (C=O) groups excluding carboxylic acids is 2. The van der Waals surface area contributed by atoms with E-state index in [1.807, 2.05) is 0 Å². The summed E-state index contributed by atoms with van der Waals surface area (Å²) in [5, 5.41) is 2.92. The molecule has 140 valence electrons. The molecule has 0 unspecified atom stereocenters. The number of nitrogens with zero attached hydrogens (tertiary/aromatic N) is 2. The van der Waals surface area contributed by atoms with Crippen LogP contribution in [0.5, 0.6) is 5.75 Å². The molecule has 8 heteroatoms. The lowest BCUT2D eigenvalue weighted by Crippen LogP contribution is -2.53. The maximum absolute atomic E-state index is 12.7. The fourth-order valence-corrected chi connectivity index (χ4v) is 4.66. The highest BCUT2D eigenvalue weighted by atomic mass is 32.2. The van der Waals surface area contributed by atoms with Crippen molar-refractivity contribution >= 4 is 23.9 Å². The molecule has 0 atom stereocenters. The predicted octanol–water partition coefficient (Wildman–Crippen LogP) is 1.66. The summed E-state index contributed by atoms with van der Waals surface area (Å²) in [4.78, 5) is 27.3. The minimum absolute atomic E-state index is 0.116. The number of rotatable bonds is 5. The van der Waals surface area contributed by atoms with E-state index in [0.29, 0.717) is 26.0 Å². The van der Waals surface area contributed by atoms with Gasteiger partial charge in [0.05, 0.1) is 19.8 Å². The molecule has 1 aromatic carbocycles. The molecule has 26 heavy (non-hydrogen) atoms. The van der Waals surface area contributed by atoms with Crippen LogP contribution in [0.25, 0.3) is 0 Å². The fourth-order valence-electron chi connectivity index (χ4n) is 3.71. The van der Waals surface area contributed by atoms with Crippen molar-refractivity contribution in [3.8, 4) is 5.75 Å². The molecule has 0 aromatic heterocycles. The summed E-state index contributed by atoms with van der Waals surface area (Å²) in [5.74, 6) is 0.866. The van der Waals surface area contributed by atoms with Crippen molar-refractivity contribution in [3.63, 3.8) is 0 Å². The number of hydrogen-bond donors (Lipinski definition) is 1. The van der Waals surface area contributed by atoms with Gasteiger partial charge in [-0.3, -0.25) is 9.69 Å². The smallest absolute Gasteiger partial charge is 0.325 e. The van der Waals surface area contributed by atoms with Crippen LogP contribution in [0.3, 0.4) is 0 Å². The molecule has 2 saturated heterocycles. The number of nitrogens with one attached hydrogen (secondary N) is 1. The molecule has 1 N–H and O–H groups in total. The van der Waals surface area contributed by atoms with Gasteiger partial charge in [0.25, 0.3) is 5.91 Å². The van der Waals surface area contributed by atoms with Crippen molar-refractivity contribution < 1.29 is 19.1 Å². The van der Waals surface area contributed by atoms with E-state index in [1.165, 1.54) is 10.5 Å². The molecule has 0 saturated carbocycles. The van der Waals surface area contributed by atoms with Gasteiger partial charge < -0.3 is 14.8 Å². The van der Waals surface area contributed by atoms with Gasteiger partial charge >= 0.3 is 6.03 Å². The minimum Gasteiger partial charge on any atom is -0.493 e. The average molecular weight is 377 g/mol. The second kappa shape index (κ2) is 7.09. The first kappa shape index (κ1) is 17.6. The first-order valence-corrected chi connectivity index (χ1v) is 9.70. The Morgan fingerprint density at radius 3 is 2.88 bits per heavy atom. The molecule has 4 rings (SSSR count). The Bertz CT molecular complexity index is 718. The summed E-state index contributed by atoms with van der Waals surface area (Å²) in [5.41, 5.74) is 0.519. The standard InChI is InChI=1S/C18H23N3O4S/c1-24-11-9-21-16(22)18(19-17(21)23)5-7-20(8-6-18)26-14-3-2-13-4-10-25-15(13)12-14/h2-3,12H,4-11H2,1H3,(H,19,23).